The van der Waals surface area contributed by atoms with Gasteiger partial charge in [-0.1, -0.05) is 19.1 Å². The maximum Gasteiger partial charge on any atom is 0.204 e. The van der Waals surface area contributed by atoms with E-state index >= 15 is 0 Å². The summed E-state index contributed by atoms with van der Waals surface area (Å²) in [6, 6.07) is 0. The molecule has 1 heterocycles. The summed E-state index contributed by atoms with van der Waals surface area (Å²) in [6.07, 6.45) is 2.91. The van der Waals surface area contributed by atoms with Crippen molar-refractivity contribution in [1.82, 2.24) is 0 Å². The molecule has 2 unspecified atom stereocenters. The number of thioether (sulfide) groups is 1. The van der Waals surface area contributed by atoms with Crippen LogP contribution in [0.2, 0.25) is 0 Å². The van der Waals surface area contributed by atoms with Gasteiger partial charge >= 0.3 is 0 Å². The number of carbonyl (C=O) groups excluding carboxylic acids is 2. The molecular weight excluding hydrogens is 184 g/mol. The lowest BCUT2D eigenvalue weighted by Crippen LogP contribution is -2.09. The van der Waals surface area contributed by atoms with Gasteiger partial charge in [-0.05, 0) is 24.6 Å². The van der Waals surface area contributed by atoms with E-state index in [1.165, 1.54) is 12.2 Å². The van der Waals surface area contributed by atoms with Crippen molar-refractivity contribution in [2.75, 3.05) is 0 Å². The lowest BCUT2D eigenvalue weighted by Gasteiger charge is -1.98. The van der Waals surface area contributed by atoms with Gasteiger partial charge in [0.25, 0.3) is 0 Å². The molecule has 0 N–H and O–H groups in total. The Bertz CT molecular complexity index is 331. The summed E-state index contributed by atoms with van der Waals surface area (Å²) in [6.45, 7) is 6.71. The third-order valence-corrected chi connectivity index (χ3v) is 2.97. The van der Waals surface area contributed by atoms with Crippen LogP contribution in [0.1, 0.15) is 15.2 Å². The molecule has 1 saturated heterocycles. The zero-order valence-corrected chi connectivity index (χ0v) is 8.48. The highest BCUT2D eigenvalue weighted by molar-refractivity contribution is 8.18. The van der Waals surface area contributed by atoms with E-state index < -0.39 is 11.8 Å². The van der Waals surface area contributed by atoms with E-state index in [4.69, 9.17) is 1.37 Å². The van der Waals surface area contributed by atoms with Crippen LogP contribution in [0.3, 0.4) is 0 Å². The van der Waals surface area contributed by atoms with Gasteiger partial charge in [-0.3, -0.25) is 9.59 Å². The fourth-order valence-corrected chi connectivity index (χ4v) is 1.96. The molecule has 1 aliphatic rings. The van der Waals surface area contributed by atoms with Crippen LogP contribution in [0.15, 0.2) is 23.6 Å². The smallest absolute Gasteiger partial charge is 0.204 e. The first-order valence-corrected chi connectivity index (χ1v) is 4.81. The molecule has 1 fully saturated rings. The normalized spacial score (nSPS) is 31.7. The van der Waals surface area contributed by atoms with Crippen molar-refractivity contribution in [2.45, 2.75) is 13.8 Å². The van der Waals surface area contributed by atoms with Crippen molar-refractivity contribution >= 4 is 22.7 Å². The van der Waals surface area contributed by atoms with Crippen molar-refractivity contribution in [3.63, 3.8) is 0 Å². The van der Waals surface area contributed by atoms with Gasteiger partial charge in [0.1, 0.15) is 0 Å². The number of hydrogen-bond acceptors (Lipinski definition) is 3. The Balaban J connectivity index is 2.97. The predicted octanol–water partition coefficient (Wildman–Crippen LogP) is 2.17. The fourth-order valence-electron chi connectivity index (χ4n) is 0.934. The molecule has 0 radical (unpaired) electrons. The second kappa shape index (κ2) is 3.92. The van der Waals surface area contributed by atoms with Gasteiger partial charge in [0.15, 0.2) is 5.78 Å². The first kappa shape index (κ1) is 8.75. The maximum absolute atomic E-state index is 11.5. The molecule has 0 spiro atoms. The van der Waals surface area contributed by atoms with E-state index in [-0.39, 0.29) is 10.9 Å². The van der Waals surface area contributed by atoms with E-state index in [2.05, 4.69) is 6.58 Å². The van der Waals surface area contributed by atoms with Crippen molar-refractivity contribution in [3.05, 3.63) is 23.6 Å². The van der Waals surface area contributed by atoms with Crippen LogP contribution in [0.5, 0.6) is 0 Å². The Hall–Kier alpha value is -0.830. The molecule has 70 valence electrons. The van der Waals surface area contributed by atoms with Gasteiger partial charge in [-0.15, -0.1) is 6.58 Å². The number of carbonyl (C=O) groups is 2. The van der Waals surface area contributed by atoms with Crippen LogP contribution >= 0.6 is 11.8 Å². The molecule has 1 aliphatic heterocycles. The quantitative estimate of drug-likeness (QED) is 0.387. The molecule has 0 bridgehead atoms. The zero-order valence-electron chi connectivity index (χ0n) is 8.66. The van der Waals surface area contributed by atoms with E-state index in [9.17, 15) is 9.59 Å². The number of ketones is 1. The molecule has 3 heteroatoms. The standard InChI is InChI=1S/C10H12O2S/c1-4-6(2)5-8-9(11)7(3)10(12)13-8/h4-7H,1H2,2-3H3/i6T. The molecule has 2 atom stereocenters. The summed E-state index contributed by atoms with van der Waals surface area (Å²) in [5, 5.41) is -0.138. The largest absolute Gasteiger partial charge is 0.293 e. The van der Waals surface area contributed by atoms with Crippen molar-refractivity contribution in [2.24, 2.45) is 11.8 Å². The minimum atomic E-state index is -0.984. The molecule has 0 saturated carbocycles. The van der Waals surface area contributed by atoms with Crippen LogP contribution in [-0.2, 0) is 9.59 Å². The SMILES string of the molecule is [3H]C(C)(C=C)C=C1SC(=O)C(C)C1=O. The number of Topliss-reactive ketones (excluding diaryl/α,β-unsaturated/α-hetero) is 1. The maximum atomic E-state index is 11.5. The van der Waals surface area contributed by atoms with Crippen LogP contribution in [-0.4, -0.2) is 10.9 Å². The first-order chi connectivity index (χ1) is 6.37. The lowest BCUT2D eigenvalue weighted by molar-refractivity contribution is -0.123. The number of hydrogen-bond donors (Lipinski definition) is 0. The molecule has 0 amide bonds. The average molecular weight is 198 g/mol. The summed E-state index contributed by atoms with van der Waals surface area (Å²) in [5.74, 6) is -1.73. The average Bonchev–Trinajstić information content (AvgIpc) is 2.33. The lowest BCUT2D eigenvalue weighted by atomic mass is 10.1. The molecular formula is C10H12O2S. The predicted molar refractivity (Wildman–Crippen MR) is 54.2 cm³/mol. The molecule has 13 heavy (non-hydrogen) atoms. The molecule has 1 rings (SSSR count). The van der Waals surface area contributed by atoms with Crippen LogP contribution in [0.25, 0.3) is 0 Å². The molecule has 0 aliphatic carbocycles. The van der Waals surface area contributed by atoms with Crippen LogP contribution in [0, 0.1) is 11.8 Å². The van der Waals surface area contributed by atoms with Crippen LogP contribution in [0.4, 0.5) is 0 Å². The summed E-state index contributed by atoms with van der Waals surface area (Å²) >= 11 is 0.929. The summed E-state index contributed by atoms with van der Waals surface area (Å²) < 4.78 is 7.69. The Labute approximate surface area is 83.5 Å². The molecule has 0 aromatic rings. The van der Waals surface area contributed by atoms with Crippen LogP contribution < -0.4 is 0 Å². The van der Waals surface area contributed by atoms with Gasteiger partial charge in [-0.25, -0.2) is 0 Å². The van der Waals surface area contributed by atoms with Crippen molar-refractivity contribution < 1.29 is 11.0 Å². The Morgan fingerprint density at radius 2 is 2.31 bits per heavy atom. The monoisotopic (exact) mass is 198 g/mol. The second-order valence-electron chi connectivity index (χ2n) is 2.96. The molecule has 0 aromatic heterocycles. The Kier molecular flexibility index (Phi) is 2.64. The summed E-state index contributed by atoms with van der Waals surface area (Å²) in [4.78, 5) is 23.0. The Morgan fingerprint density at radius 1 is 1.69 bits per heavy atom. The van der Waals surface area contributed by atoms with Crippen molar-refractivity contribution in [3.8, 4) is 0 Å². The number of rotatable bonds is 2. The van der Waals surface area contributed by atoms with Gasteiger partial charge in [0.05, 0.1) is 10.8 Å². The third-order valence-electron chi connectivity index (χ3n) is 1.88. The fraction of sp³-hybridized carbons (Fsp3) is 0.400. The van der Waals surface area contributed by atoms with E-state index in [0.717, 1.165) is 11.8 Å². The highest BCUT2D eigenvalue weighted by Crippen LogP contribution is 2.33. The highest BCUT2D eigenvalue weighted by atomic mass is 32.2. The van der Waals surface area contributed by atoms with Gasteiger partial charge in [0, 0.05) is 1.37 Å². The topological polar surface area (TPSA) is 34.1 Å². The van der Waals surface area contributed by atoms with E-state index in [0.29, 0.717) is 4.91 Å². The summed E-state index contributed by atoms with van der Waals surface area (Å²) in [5.41, 5.74) is 0. The highest BCUT2D eigenvalue weighted by Gasteiger charge is 2.34. The minimum Gasteiger partial charge on any atom is -0.293 e. The number of allylic oxidation sites excluding steroid dienone is 3. The Morgan fingerprint density at radius 3 is 2.69 bits per heavy atom. The van der Waals surface area contributed by atoms with E-state index in [1.807, 2.05) is 0 Å². The molecule has 0 aromatic carbocycles. The first-order valence-electron chi connectivity index (χ1n) is 4.50. The van der Waals surface area contributed by atoms with Gasteiger partial charge in [-0.2, -0.15) is 0 Å². The minimum absolute atomic E-state index is 0.138. The van der Waals surface area contributed by atoms with Gasteiger partial charge < -0.3 is 0 Å². The third kappa shape index (κ3) is 2.10. The van der Waals surface area contributed by atoms with Crippen molar-refractivity contribution in [1.29, 1.82) is 0 Å². The van der Waals surface area contributed by atoms with E-state index in [1.54, 1.807) is 13.8 Å². The second-order valence-corrected chi connectivity index (χ2v) is 4.01. The molecule has 2 nitrogen and oxygen atoms in total. The summed E-state index contributed by atoms with van der Waals surface area (Å²) in [7, 11) is 0. The zero-order chi connectivity index (χ0) is 10.9. The van der Waals surface area contributed by atoms with Gasteiger partial charge in [0.2, 0.25) is 5.12 Å².